The molecule has 78 heavy (non-hydrogen) atoms. The summed E-state index contributed by atoms with van der Waals surface area (Å²) in [5, 5.41) is 0. The van der Waals surface area contributed by atoms with Crippen LogP contribution in [-0.4, -0.2) is 37.2 Å². The number of hydrogen-bond acceptors (Lipinski definition) is 6. The third-order valence-corrected chi connectivity index (χ3v) is 16.5. The zero-order valence-electron chi connectivity index (χ0n) is 53.2. The maximum absolute atomic E-state index is 12.9. The molecule has 0 N–H and O–H groups in total. The quantitative estimate of drug-likeness (QED) is 0.0261. The van der Waals surface area contributed by atoms with E-state index in [1.165, 1.54) is 308 Å². The lowest BCUT2D eigenvalue weighted by Crippen LogP contribution is -2.30. The van der Waals surface area contributed by atoms with Crippen LogP contribution in [0.15, 0.2) is 12.2 Å². The first-order valence-electron chi connectivity index (χ1n) is 35.7. The molecule has 0 saturated heterocycles. The number of esters is 3. The van der Waals surface area contributed by atoms with Crippen molar-refractivity contribution in [2.75, 3.05) is 13.2 Å². The van der Waals surface area contributed by atoms with Crippen LogP contribution >= 0.6 is 0 Å². The fourth-order valence-corrected chi connectivity index (χ4v) is 11.2. The van der Waals surface area contributed by atoms with Gasteiger partial charge < -0.3 is 14.2 Å². The summed E-state index contributed by atoms with van der Waals surface area (Å²) in [5.41, 5.74) is 0. The van der Waals surface area contributed by atoms with E-state index in [9.17, 15) is 14.4 Å². The normalized spacial score (nSPS) is 12.0. The predicted octanol–water partition coefficient (Wildman–Crippen LogP) is 24.4. The minimum absolute atomic E-state index is 0.0658. The second kappa shape index (κ2) is 67.7. The molecule has 0 aliphatic heterocycles. The van der Waals surface area contributed by atoms with Crippen LogP contribution in [0.5, 0.6) is 0 Å². The number of unbranched alkanes of at least 4 members (excludes halogenated alkanes) is 54. The van der Waals surface area contributed by atoms with Gasteiger partial charge in [-0.05, 0) is 44.9 Å². The number of allylic oxidation sites excluding steroid dienone is 2. The molecule has 1 unspecified atom stereocenters. The first kappa shape index (κ1) is 76.1. The molecule has 0 aromatic carbocycles. The first-order chi connectivity index (χ1) is 38.5. The minimum atomic E-state index is -0.769. The third kappa shape index (κ3) is 65.0. The van der Waals surface area contributed by atoms with Gasteiger partial charge in [-0.3, -0.25) is 14.4 Å². The summed E-state index contributed by atoms with van der Waals surface area (Å²) >= 11 is 0. The van der Waals surface area contributed by atoms with E-state index in [1.54, 1.807) is 0 Å². The maximum Gasteiger partial charge on any atom is 0.306 e. The van der Waals surface area contributed by atoms with Crippen molar-refractivity contribution in [1.82, 2.24) is 0 Å². The van der Waals surface area contributed by atoms with Crippen molar-refractivity contribution in [2.24, 2.45) is 0 Å². The minimum Gasteiger partial charge on any atom is -0.462 e. The van der Waals surface area contributed by atoms with Crippen LogP contribution in [0.1, 0.15) is 412 Å². The van der Waals surface area contributed by atoms with E-state index < -0.39 is 6.10 Å². The van der Waals surface area contributed by atoms with Crippen molar-refractivity contribution >= 4 is 17.9 Å². The molecule has 462 valence electrons. The Labute approximate surface area is 488 Å². The molecule has 0 heterocycles. The van der Waals surface area contributed by atoms with Gasteiger partial charge in [0, 0.05) is 19.3 Å². The lowest BCUT2D eigenvalue weighted by atomic mass is 10.0. The summed E-state index contributed by atoms with van der Waals surface area (Å²) in [6, 6.07) is 0. The molecule has 6 nitrogen and oxygen atoms in total. The van der Waals surface area contributed by atoms with Crippen molar-refractivity contribution < 1.29 is 28.6 Å². The van der Waals surface area contributed by atoms with E-state index in [0.29, 0.717) is 19.3 Å². The second-order valence-corrected chi connectivity index (χ2v) is 24.5. The van der Waals surface area contributed by atoms with Gasteiger partial charge in [0.25, 0.3) is 0 Å². The summed E-state index contributed by atoms with van der Waals surface area (Å²) in [6.07, 6.45) is 81.1. The van der Waals surface area contributed by atoms with Gasteiger partial charge in [-0.25, -0.2) is 0 Å². The Balaban J connectivity index is 4.12. The molecule has 0 rings (SSSR count). The van der Waals surface area contributed by atoms with Crippen LogP contribution in [0.4, 0.5) is 0 Å². The van der Waals surface area contributed by atoms with E-state index in [2.05, 4.69) is 32.9 Å². The average Bonchev–Trinajstić information content (AvgIpc) is 3.44. The molecular weight excluding hydrogens is 961 g/mol. The monoisotopic (exact) mass is 1100 g/mol. The largest absolute Gasteiger partial charge is 0.462 e. The number of rotatable bonds is 67. The summed E-state index contributed by atoms with van der Waals surface area (Å²) in [5.74, 6) is -0.841. The van der Waals surface area contributed by atoms with Crippen LogP contribution in [0, 0.1) is 0 Å². The molecule has 0 aliphatic carbocycles. The molecule has 0 fully saturated rings. The molecule has 6 heteroatoms. The molecular formula is C72H138O6. The highest BCUT2D eigenvalue weighted by Crippen LogP contribution is 2.19. The van der Waals surface area contributed by atoms with Crippen molar-refractivity contribution in [2.45, 2.75) is 419 Å². The van der Waals surface area contributed by atoms with E-state index >= 15 is 0 Å². The van der Waals surface area contributed by atoms with Gasteiger partial charge in [0.05, 0.1) is 0 Å². The van der Waals surface area contributed by atoms with E-state index in [-0.39, 0.29) is 31.1 Å². The van der Waals surface area contributed by atoms with Gasteiger partial charge in [0.15, 0.2) is 6.10 Å². The molecule has 0 amide bonds. The van der Waals surface area contributed by atoms with E-state index in [4.69, 9.17) is 14.2 Å². The number of hydrogen-bond donors (Lipinski definition) is 0. The third-order valence-electron chi connectivity index (χ3n) is 16.5. The van der Waals surface area contributed by atoms with Gasteiger partial charge in [0.2, 0.25) is 0 Å². The highest BCUT2D eigenvalue weighted by atomic mass is 16.6. The van der Waals surface area contributed by atoms with Gasteiger partial charge in [-0.2, -0.15) is 0 Å². The first-order valence-corrected chi connectivity index (χ1v) is 35.7. The Kier molecular flexibility index (Phi) is 66.0. The van der Waals surface area contributed by atoms with Gasteiger partial charge in [-0.1, -0.05) is 360 Å². The highest BCUT2D eigenvalue weighted by Gasteiger charge is 2.19. The Hall–Kier alpha value is -1.85. The summed E-state index contributed by atoms with van der Waals surface area (Å²) in [7, 11) is 0. The van der Waals surface area contributed by atoms with Crippen LogP contribution < -0.4 is 0 Å². The fraction of sp³-hybridized carbons (Fsp3) is 0.931. The zero-order chi connectivity index (χ0) is 56.4. The molecule has 0 aliphatic rings. The van der Waals surface area contributed by atoms with Crippen molar-refractivity contribution in [3.8, 4) is 0 Å². The smallest absolute Gasteiger partial charge is 0.306 e. The van der Waals surface area contributed by atoms with E-state index in [1.807, 2.05) is 0 Å². The fourth-order valence-electron chi connectivity index (χ4n) is 11.2. The lowest BCUT2D eigenvalue weighted by molar-refractivity contribution is -0.167. The second-order valence-electron chi connectivity index (χ2n) is 24.5. The number of carbonyl (C=O) groups is 3. The summed E-state index contributed by atoms with van der Waals surface area (Å²) < 4.78 is 17.0. The lowest BCUT2D eigenvalue weighted by Gasteiger charge is -2.18. The Morgan fingerprint density at radius 1 is 0.244 bits per heavy atom. The Morgan fingerprint density at radius 3 is 0.641 bits per heavy atom. The van der Waals surface area contributed by atoms with Crippen LogP contribution in [0.25, 0.3) is 0 Å². The van der Waals surface area contributed by atoms with E-state index in [0.717, 1.165) is 64.2 Å². The maximum atomic E-state index is 12.9. The Morgan fingerprint density at radius 2 is 0.423 bits per heavy atom. The van der Waals surface area contributed by atoms with Crippen molar-refractivity contribution in [1.29, 1.82) is 0 Å². The van der Waals surface area contributed by atoms with Crippen LogP contribution in [0.3, 0.4) is 0 Å². The van der Waals surface area contributed by atoms with Gasteiger partial charge in [-0.15, -0.1) is 0 Å². The molecule has 0 aromatic heterocycles. The number of ether oxygens (including phenoxy) is 3. The summed E-state index contributed by atoms with van der Waals surface area (Å²) in [4.78, 5) is 38.4. The zero-order valence-corrected chi connectivity index (χ0v) is 53.2. The molecule has 1 atom stereocenters. The van der Waals surface area contributed by atoms with Crippen molar-refractivity contribution in [3.63, 3.8) is 0 Å². The van der Waals surface area contributed by atoms with Crippen LogP contribution in [0.2, 0.25) is 0 Å². The Bertz CT molecular complexity index is 1210. The molecule has 0 radical (unpaired) electrons. The summed E-state index contributed by atoms with van der Waals surface area (Å²) in [6.45, 7) is 6.71. The molecule has 0 bridgehead atoms. The highest BCUT2D eigenvalue weighted by molar-refractivity contribution is 5.71. The SMILES string of the molecule is CCCCCCC/C=C\CCCCCCCC(=O)OCC(COC(=O)CCCCCCCCCCCCCCCCCCCCCCCCCCCCCCCC)OC(=O)CCCCCCCCCCCCCCCCCC. The van der Waals surface area contributed by atoms with Gasteiger partial charge >= 0.3 is 17.9 Å². The van der Waals surface area contributed by atoms with Crippen LogP contribution in [-0.2, 0) is 28.6 Å². The molecule has 0 aromatic rings. The predicted molar refractivity (Wildman–Crippen MR) is 340 cm³/mol. The molecule has 0 saturated carbocycles. The topological polar surface area (TPSA) is 78.9 Å². The number of carbonyl (C=O) groups excluding carboxylic acids is 3. The van der Waals surface area contributed by atoms with Gasteiger partial charge in [0.1, 0.15) is 13.2 Å². The standard InChI is InChI=1S/C72H138O6/c1-4-7-10-13-16-19-22-25-28-30-31-32-33-34-35-36-37-38-39-40-41-42-43-45-47-50-53-56-59-62-65-71(74)77-68-69(67-76-70(73)64-61-58-55-52-49-46-27-24-21-18-15-12-9-6-3)78-72(75)66-63-60-57-54-51-48-44-29-26-23-20-17-14-11-8-5-2/h24,27,69H,4-23,25-26,28-68H2,1-3H3/b27-24-. The average molecular weight is 1100 g/mol. The molecule has 0 spiro atoms. The van der Waals surface area contributed by atoms with Crippen molar-refractivity contribution in [3.05, 3.63) is 12.2 Å².